The molecular weight excluding hydrogens is 141 g/mol. The van der Waals surface area contributed by atoms with E-state index in [-0.39, 0.29) is 5.54 Å². The molecule has 64 valence electrons. The molecule has 0 spiro atoms. The first kappa shape index (κ1) is 7.53. The summed E-state index contributed by atoms with van der Waals surface area (Å²) in [7, 11) is 0. The van der Waals surface area contributed by atoms with Crippen molar-refractivity contribution in [3.63, 3.8) is 0 Å². The molecule has 3 atom stereocenters. The summed E-state index contributed by atoms with van der Waals surface area (Å²) in [6, 6.07) is 0.612. The van der Waals surface area contributed by atoms with E-state index in [1.807, 2.05) is 6.92 Å². The molecule has 11 heavy (non-hydrogen) atoms. The number of alkyl halides is 1. The highest BCUT2D eigenvalue weighted by Gasteiger charge is 2.42. The average Bonchev–Trinajstić information content (AvgIpc) is 1.98. The van der Waals surface area contributed by atoms with Crippen LogP contribution in [0.1, 0.15) is 39.0 Å². The van der Waals surface area contributed by atoms with Gasteiger partial charge in [-0.05, 0) is 39.0 Å². The monoisotopic (exact) mass is 157 g/mol. The van der Waals surface area contributed by atoms with Crippen LogP contribution >= 0.6 is 0 Å². The van der Waals surface area contributed by atoms with Crippen LogP contribution in [0, 0.1) is 0 Å². The summed E-state index contributed by atoms with van der Waals surface area (Å²) < 4.78 is 13.4. The predicted octanol–water partition coefficient (Wildman–Crippen LogP) is 2.02. The van der Waals surface area contributed by atoms with Gasteiger partial charge in [-0.2, -0.15) is 0 Å². The van der Waals surface area contributed by atoms with Crippen LogP contribution in [0.25, 0.3) is 0 Å². The first-order valence-corrected chi connectivity index (χ1v) is 4.62. The average molecular weight is 157 g/mol. The van der Waals surface area contributed by atoms with E-state index >= 15 is 0 Å². The van der Waals surface area contributed by atoms with Crippen LogP contribution in [0.2, 0.25) is 0 Å². The van der Waals surface area contributed by atoms with Gasteiger partial charge in [0.1, 0.15) is 6.17 Å². The summed E-state index contributed by atoms with van der Waals surface area (Å²) in [5.74, 6) is 0. The molecule has 2 rings (SSSR count). The van der Waals surface area contributed by atoms with E-state index in [4.69, 9.17) is 0 Å². The Labute approximate surface area is 67.4 Å². The maximum atomic E-state index is 13.4. The van der Waals surface area contributed by atoms with E-state index in [0.29, 0.717) is 6.04 Å². The molecule has 0 aromatic carbocycles. The highest BCUT2D eigenvalue weighted by Crippen LogP contribution is 2.35. The first-order chi connectivity index (χ1) is 5.21. The van der Waals surface area contributed by atoms with Crippen LogP contribution in [-0.4, -0.2) is 17.8 Å². The molecule has 2 heterocycles. The standard InChI is InChI=1S/C9H16FN/c1-9-6-2-3-7(11-9)4-5-8(9)10/h7-8,11H,2-6H2,1H3/t7-,8-,9+/m0/s1. The van der Waals surface area contributed by atoms with Crippen molar-refractivity contribution in [3.05, 3.63) is 0 Å². The molecule has 2 heteroatoms. The molecule has 2 aliphatic heterocycles. The van der Waals surface area contributed by atoms with E-state index in [1.54, 1.807) is 0 Å². The van der Waals surface area contributed by atoms with E-state index in [0.717, 1.165) is 19.3 Å². The van der Waals surface area contributed by atoms with E-state index in [2.05, 4.69) is 5.32 Å². The molecule has 0 aliphatic carbocycles. The second-order valence-electron chi connectivity index (χ2n) is 4.20. The van der Waals surface area contributed by atoms with Gasteiger partial charge in [-0.1, -0.05) is 0 Å². The fourth-order valence-electron chi connectivity index (χ4n) is 2.46. The predicted molar refractivity (Wildman–Crippen MR) is 43.3 cm³/mol. The van der Waals surface area contributed by atoms with Crippen molar-refractivity contribution in [3.8, 4) is 0 Å². The molecule has 1 nitrogen and oxygen atoms in total. The van der Waals surface area contributed by atoms with Crippen molar-refractivity contribution in [1.82, 2.24) is 5.32 Å². The zero-order chi connectivity index (χ0) is 7.90. The molecule has 0 aromatic heterocycles. The normalized spacial score (nSPS) is 50.7. The SMILES string of the molecule is C[C@@]12CCC[C@@H](CC[C@@H]1F)N2. The van der Waals surface area contributed by atoms with Gasteiger partial charge >= 0.3 is 0 Å². The largest absolute Gasteiger partial charge is 0.306 e. The smallest absolute Gasteiger partial charge is 0.118 e. The van der Waals surface area contributed by atoms with Gasteiger partial charge < -0.3 is 5.32 Å². The second kappa shape index (κ2) is 2.44. The Morgan fingerprint density at radius 2 is 2.18 bits per heavy atom. The Morgan fingerprint density at radius 3 is 2.91 bits per heavy atom. The summed E-state index contributed by atoms with van der Waals surface area (Å²) in [5, 5.41) is 3.40. The fourth-order valence-corrected chi connectivity index (χ4v) is 2.46. The van der Waals surface area contributed by atoms with Crippen LogP contribution in [0.3, 0.4) is 0 Å². The zero-order valence-electron chi connectivity index (χ0n) is 7.07. The van der Waals surface area contributed by atoms with Crippen molar-refractivity contribution in [2.24, 2.45) is 0 Å². The minimum absolute atomic E-state index is 0.179. The van der Waals surface area contributed by atoms with Crippen LogP contribution in [0.4, 0.5) is 4.39 Å². The molecule has 2 aliphatic rings. The Balaban J connectivity index is 2.13. The van der Waals surface area contributed by atoms with Gasteiger partial charge in [-0.3, -0.25) is 0 Å². The van der Waals surface area contributed by atoms with Crippen LogP contribution in [0.15, 0.2) is 0 Å². The number of fused-ring (bicyclic) bond motifs is 2. The lowest BCUT2D eigenvalue weighted by molar-refractivity contribution is 0.0587. The van der Waals surface area contributed by atoms with Crippen molar-refractivity contribution in [2.75, 3.05) is 0 Å². The summed E-state index contributed by atoms with van der Waals surface area (Å²) in [6.45, 7) is 2.03. The number of halogens is 1. The molecule has 2 fully saturated rings. The van der Waals surface area contributed by atoms with Crippen LogP contribution in [-0.2, 0) is 0 Å². The third-order valence-corrected chi connectivity index (χ3v) is 3.24. The highest BCUT2D eigenvalue weighted by atomic mass is 19.1. The number of rotatable bonds is 0. The second-order valence-corrected chi connectivity index (χ2v) is 4.20. The van der Waals surface area contributed by atoms with Gasteiger partial charge in [-0.15, -0.1) is 0 Å². The highest BCUT2D eigenvalue weighted by molar-refractivity contribution is 5.00. The number of hydrogen-bond donors (Lipinski definition) is 1. The minimum Gasteiger partial charge on any atom is -0.306 e. The molecule has 1 N–H and O–H groups in total. The maximum Gasteiger partial charge on any atom is 0.118 e. The van der Waals surface area contributed by atoms with Crippen LogP contribution < -0.4 is 5.32 Å². The van der Waals surface area contributed by atoms with Gasteiger partial charge in [-0.25, -0.2) is 4.39 Å². The molecule has 0 unspecified atom stereocenters. The van der Waals surface area contributed by atoms with Crippen LogP contribution in [0.5, 0.6) is 0 Å². The molecule has 2 saturated heterocycles. The van der Waals surface area contributed by atoms with Crippen molar-refractivity contribution in [2.45, 2.75) is 56.8 Å². The van der Waals surface area contributed by atoms with Gasteiger partial charge in [0.2, 0.25) is 0 Å². The van der Waals surface area contributed by atoms with E-state index in [1.165, 1.54) is 12.8 Å². The molecule has 0 aromatic rings. The van der Waals surface area contributed by atoms with E-state index in [9.17, 15) is 4.39 Å². The van der Waals surface area contributed by atoms with Gasteiger partial charge in [0.15, 0.2) is 0 Å². The lowest BCUT2D eigenvalue weighted by Crippen LogP contribution is -2.60. The third kappa shape index (κ3) is 1.18. The third-order valence-electron chi connectivity index (χ3n) is 3.24. The van der Waals surface area contributed by atoms with Gasteiger partial charge in [0.25, 0.3) is 0 Å². The lowest BCUT2D eigenvalue weighted by atomic mass is 9.76. The van der Waals surface area contributed by atoms with Gasteiger partial charge in [0.05, 0.1) is 0 Å². The summed E-state index contributed by atoms with van der Waals surface area (Å²) in [4.78, 5) is 0. The van der Waals surface area contributed by atoms with Crippen molar-refractivity contribution in [1.29, 1.82) is 0 Å². The Kier molecular flexibility index (Phi) is 1.67. The molecular formula is C9H16FN. The quantitative estimate of drug-likeness (QED) is 0.567. The van der Waals surface area contributed by atoms with Gasteiger partial charge in [0, 0.05) is 11.6 Å². The maximum absolute atomic E-state index is 13.4. The van der Waals surface area contributed by atoms with Crippen molar-refractivity contribution >= 4 is 0 Å². The molecule has 0 saturated carbocycles. The topological polar surface area (TPSA) is 12.0 Å². The minimum atomic E-state index is -0.612. The first-order valence-electron chi connectivity index (χ1n) is 4.62. The summed E-state index contributed by atoms with van der Waals surface area (Å²) >= 11 is 0. The van der Waals surface area contributed by atoms with Crippen molar-refractivity contribution < 1.29 is 4.39 Å². The fraction of sp³-hybridized carbons (Fsp3) is 1.00. The Morgan fingerprint density at radius 1 is 1.36 bits per heavy atom. The summed E-state index contributed by atoms with van der Waals surface area (Å²) in [6.07, 6.45) is 4.67. The molecule has 0 amide bonds. The number of piperidine rings is 2. The molecule has 2 bridgehead atoms. The Bertz CT molecular complexity index is 160. The number of hydrogen-bond acceptors (Lipinski definition) is 1. The Hall–Kier alpha value is -0.110. The van der Waals surface area contributed by atoms with E-state index < -0.39 is 6.17 Å². The number of nitrogens with one attached hydrogen (secondary N) is 1. The zero-order valence-corrected chi connectivity index (χ0v) is 7.07. The summed E-state index contributed by atoms with van der Waals surface area (Å²) in [5.41, 5.74) is -0.179. The lowest BCUT2D eigenvalue weighted by Gasteiger charge is -2.46. The molecule has 0 radical (unpaired) electrons.